The maximum Gasteiger partial charge on any atom is 0.270 e. The van der Waals surface area contributed by atoms with Gasteiger partial charge in [0.05, 0.1) is 11.5 Å². The number of halogens is 1. The molecule has 1 atom stereocenters. The molecule has 1 aliphatic rings. The molecule has 2 heterocycles. The van der Waals surface area contributed by atoms with E-state index in [-0.39, 0.29) is 35.0 Å². The molecular formula is C16H17FN4O3S. The van der Waals surface area contributed by atoms with Crippen molar-refractivity contribution >= 4 is 21.7 Å². The molecule has 0 bridgehead atoms. The Bertz CT molecular complexity index is 871. The summed E-state index contributed by atoms with van der Waals surface area (Å²) in [6.07, 6.45) is 1.86. The van der Waals surface area contributed by atoms with E-state index < -0.39 is 15.7 Å². The van der Waals surface area contributed by atoms with Crippen LogP contribution in [-0.2, 0) is 16.4 Å². The number of sulfone groups is 1. The summed E-state index contributed by atoms with van der Waals surface area (Å²) in [5.41, 5.74) is 0.997. The van der Waals surface area contributed by atoms with Gasteiger partial charge in [-0.25, -0.2) is 22.8 Å². The lowest BCUT2D eigenvalue weighted by Crippen LogP contribution is -2.36. The lowest BCUT2D eigenvalue weighted by Gasteiger charge is -2.11. The highest BCUT2D eigenvalue weighted by atomic mass is 32.2. The van der Waals surface area contributed by atoms with Gasteiger partial charge in [0.25, 0.3) is 5.91 Å². The van der Waals surface area contributed by atoms with Crippen LogP contribution in [0, 0.1) is 5.82 Å². The van der Waals surface area contributed by atoms with Crippen molar-refractivity contribution in [1.82, 2.24) is 15.3 Å². The second-order valence-electron chi connectivity index (χ2n) is 5.82. The van der Waals surface area contributed by atoms with Crippen molar-refractivity contribution in [2.45, 2.75) is 19.0 Å². The highest BCUT2D eigenvalue weighted by molar-refractivity contribution is 7.91. The average molecular weight is 364 g/mol. The second-order valence-corrected chi connectivity index (χ2v) is 8.05. The minimum Gasteiger partial charge on any atom is -0.350 e. The fraction of sp³-hybridized carbons (Fsp3) is 0.312. The first-order valence-corrected chi connectivity index (χ1v) is 9.56. The van der Waals surface area contributed by atoms with Gasteiger partial charge in [-0.1, -0.05) is 12.1 Å². The third-order valence-electron chi connectivity index (χ3n) is 3.82. The number of benzene rings is 1. The van der Waals surface area contributed by atoms with Gasteiger partial charge in [-0.15, -0.1) is 0 Å². The predicted octanol–water partition coefficient (Wildman–Crippen LogP) is 1.14. The Morgan fingerprint density at radius 1 is 1.24 bits per heavy atom. The Kier molecular flexibility index (Phi) is 4.93. The smallest absolute Gasteiger partial charge is 0.270 e. The van der Waals surface area contributed by atoms with Gasteiger partial charge >= 0.3 is 0 Å². The van der Waals surface area contributed by atoms with E-state index in [4.69, 9.17) is 0 Å². The van der Waals surface area contributed by atoms with Gasteiger partial charge in [-0.2, -0.15) is 0 Å². The van der Waals surface area contributed by atoms with E-state index >= 15 is 0 Å². The van der Waals surface area contributed by atoms with E-state index in [1.165, 1.54) is 24.4 Å². The molecule has 1 unspecified atom stereocenters. The van der Waals surface area contributed by atoms with Crippen LogP contribution in [0.4, 0.5) is 10.3 Å². The number of nitrogens with one attached hydrogen (secondary N) is 2. The maximum atomic E-state index is 12.9. The summed E-state index contributed by atoms with van der Waals surface area (Å²) in [4.78, 5) is 20.4. The number of rotatable bonds is 5. The highest BCUT2D eigenvalue weighted by Gasteiger charge is 2.29. The molecule has 1 aromatic carbocycles. The second kappa shape index (κ2) is 7.14. The van der Waals surface area contributed by atoms with Gasteiger partial charge < -0.3 is 10.6 Å². The molecule has 0 saturated carbocycles. The number of aromatic nitrogens is 2. The number of carbonyl (C=O) groups excluding carboxylic acids is 1. The molecule has 132 valence electrons. The van der Waals surface area contributed by atoms with Crippen molar-refractivity contribution in [2.75, 3.05) is 16.8 Å². The van der Waals surface area contributed by atoms with Crippen LogP contribution >= 0.6 is 0 Å². The molecule has 1 aliphatic heterocycles. The van der Waals surface area contributed by atoms with Crippen LogP contribution in [-0.4, -0.2) is 41.8 Å². The van der Waals surface area contributed by atoms with Gasteiger partial charge in [-0.3, -0.25) is 4.79 Å². The third kappa shape index (κ3) is 4.72. The number of amides is 1. The quantitative estimate of drug-likeness (QED) is 0.825. The van der Waals surface area contributed by atoms with Crippen LogP contribution in [0.3, 0.4) is 0 Å². The van der Waals surface area contributed by atoms with E-state index in [0.29, 0.717) is 13.0 Å². The number of nitrogens with zero attached hydrogens (tertiary/aromatic N) is 2. The first-order chi connectivity index (χ1) is 11.9. The van der Waals surface area contributed by atoms with Crippen LogP contribution < -0.4 is 10.6 Å². The summed E-state index contributed by atoms with van der Waals surface area (Å²) in [6.45, 7) is 0.381. The Hall–Kier alpha value is -2.55. The number of anilines is 1. The zero-order chi connectivity index (χ0) is 17.9. The summed E-state index contributed by atoms with van der Waals surface area (Å²) in [7, 11) is -3.06. The summed E-state index contributed by atoms with van der Waals surface area (Å²) in [5.74, 6) is -0.441. The Morgan fingerprint density at radius 2 is 2.00 bits per heavy atom. The standard InChI is InChI=1S/C16H17FN4O3S/c17-12-3-1-11(2-4-12)9-19-16-18-7-5-14(21-16)15(22)20-13-6-8-25(23,24)10-13/h1-5,7,13H,6,8-10H2,(H,20,22)(H,18,19,21). The van der Waals surface area contributed by atoms with Gasteiger partial charge in [0, 0.05) is 18.8 Å². The first kappa shape index (κ1) is 17.3. The fourth-order valence-corrected chi connectivity index (χ4v) is 4.20. The zero-order valence-electron chi connectivity index (χ0n) is 13.3. The monoisotopic (exact) mass is 364 g/mol. The van der Waals surface area contributed by atoms with Crippen LogP contribution in [0.2, 0.25) is 0 Å². The topological polar surface area (TPSA) is 101 Å². The molecule has 1 aromatic heterocycles. The van der Waals surface area contributed by atoms with Crippen molar-refractivity contribution in [3.63, 3.8) is 0 Å². The van der Waals surface area contributed by atoms with Crippen molar-refractivity contribution in [1.29, 1.82) is 0 Å². The summed E-state index contributed by atoms with van der Waals surface area (Å²) >= 11 is 0. The lowest BCUT2D eigenvalue weighted by atomic mass is 10.2. The van der Waals surface area contributed by atoms with E-state index in [0.717, 1.165) is 5.56 Å². The Morgan fingerprint density at radius 3 is 2.68 bits per heavy atom. The molecular weight excluding hydrogens is 347 g/mol. The summed E-state index contributed by atoms with van der Waals surface area (Å²) < 4.78 is 35.8. The van der Waals surface area contributed by atoms with Crippen molar-refractivity contribution in [3.8, 4) is 0 Å². The molecule has 2 N–H and O–H groups in total. The van der Waals surface area contributed by atoms with Crippen LogP contribution in [0.1, 0.15) is 22.5 Å². The summed E-state index contributed by atoms with van der Waals surface area (Å²) in [6, 6.07) is 7.07. The molecule has 9 heteroatoms. The Balaban J connectivity index is 1.60. The fourth-order valence-electron chi connectivity index (χ4n) is 2.52. The summed E-state index contributed by atoms with van der Waals surface area (Å²) in [5, 5.41) is 5.64. The number of hydrogen-bond donors (Lipinski definition) is 2. The molecule has 3 rings (SSSR count). The molecule has 1 amide bonds. The average Bonchev–Trinajstić information content (AvgIpc) is 2.93. The van der Waals surface area contributed by atoms with Gasteiger partial charge in [-0.05, 0) is 30.2 Å². The van der Waals surface area contributed by atoms with Gasteiger partial charge in [0.1, 0.15) is 11.5 Å². The van der Waals surface area contributed by atoms with Gasteiger partial charge in [0.15, 0.2) is 9.84 Å². The van der Waals surface area contributed by atoms with Crippen LogP contribution in [0.15, 0.2) is 36.5 Å². The lowest BCUT2D eigenvalue weighted by molar-refractivity contribution is 0.0936. The maximum absolute atomic E-state index is 12.9. The van der Waals surface area contributed by atoms with Crippen molar-refractivity contribution in [2.24, 2.45) is 0 Å². The molecule has 2 aromatic rings. The van der Waals surface area contributed by atoms with Crippen molar-refractivity contribution in [3.05, 3.63) is 53.6 Å². The SMILES string of the molecule is O=C(NC1CCS(=O)(=O)C1)c1ccnc(NCc2ccc(F)cc2)n1. The Labute approximate surface area is 144 Å². The van der Waals surface area contributed by atoms with Crippen LogP contribution in [0.5, 0.6) is 0 Å². The molecule has 1 fully saturated rings. The van der Waals surface area contributed by atoms with E-state index in [2.05, 4.69) is 20.6 Å². The van der Waals surface area contributed by atoms with Crippen molar-refractivity contribution < 1.29 is 17.6 Å². The first-order valence-electron chi connectivity index (χ1n) is 7.74. The zero-order valence-corrected chi connectivity index (χ0v) is 14.1. The largest absolute Gasteiger partial charge is 0.350 e. The minimum absolute atomic E-state index is 0.0422. The number of hydrogen-bond acceptors (Lipinski definition) is 6. The molecule has 7 nitrogen and oxygen atoms in total. The third-order valence-corrected chi connectivity index (χ3v) is 5.59. The molecule has 0 spiro atoms. The minimum atomic E-state index is -3.06. The van der Waals surface area contributed by atoms with E-state index in [9.17, 15) is 17.6 Å². The predicted molar refractivity (Wildman–Crippen MR) is 90.3 cm³/mol. The highest BCUT2D eigenvalue weighted by Crippen LogP contribution is 2.12. The van der Waals surface area contributed by atoms with E-state index in [1.54, 1.807) is 12.1 Å². The molecule has 0 aliphatic carbocycles. The normalized spacial score (nSPS) is 18.7. The van der Waals surface area contributed by atoms with Gasteiger partial charge in [0.2, 0.25) is 5.95 Å². The number of carbonyl (C=O) groups is 1. The molecule has 1 saturated heterocycles. The van der Waals surface area contributed by atoms with E-state index in [1.807, 2.05) is 0 Å². The molecule has 25 heavy (non-hydrogen) atoms. The van der Waals surface area contributed by atoms with Crippen LogP contribution in [0.25, 0.3) is 0 Å². The molecule has 0 radical (unpaired) electrons.